The van der Waals surface area contributed by atoms with Crippen LogP contribution in [0.5, 0.6) is 0 Å². The van der Waals surface area contributed by atoms with E-state index in [-0.39, 0.29) is 6.04 Å². The minimum Gasteiger partial charge on any atom is -0.323 e. The fraction of sp³-hybridized carbons (Fsp3) is 0.600. The molecule has 18 heavy (non-hydrogen) atoms. The van der Waals surface area contributed by atoms with Crippen LogP contribution in [0, 0.1) is 13.8 Å². The number of hydrogen-bond acceptors (Lipinski definition) is 3. The second-order valence-electron chi connectivity index (χ2n) is 5.41. The first-order chi connectivity index (χ1) is 8.59. The van der Waals surface area contributed by atoms with Crippen LogP contribution in [0.3, 0.4) is 0 Å². The molecule has 0 spiro atoms. The van der Waals surface area contributed by atoms with Gasteiger partial charge in [-0.1, -0.05) is 23.8 Å². The van der Waals surface area contributed by atoms with Crippen LogP contribution in [-0.2, 0) is 0 Å². The summed E-state index contributed by atoms with van der Waals surface area (Å²) in [6.45, 7) is 10.9. The van der Waals surface area contributed by atoms with E-state index in [1.54, 1.807) is 0 Å². The summed E-state index contributed by atoms with van der Waals surface area (Å²) >= 11 is 0. The summed E-state index contributed by atoms with van der Waals surface area (Å²) in [6.07, 6.45) is 0. The molecule has 0 saturated carbocycles. The molecule has 1 aliphatic heterocycles. The summed E-state index contributed by atoms with van der Waals surface area (Å²) in [4.78, 5) is 2.49. The SMILES string of the molecule is Cc1ccc(C(N)C(C)N2CCNCC2)c(C)c1. The van der Waals surface area contributed by atoms with Gasteiger partial charge in [-0.2, -0.15) is 0 Å². The molecule has 2 rings (SSSR count). The molecule has 0 aromatic heterocycles. The number of hydrogen-bond donors (Lipinski definition) is 2. The van der Waals surface area contributed by atoms with Crippen LogP contribution in [0.15, 0.2) is 18.2 Å². The van der Waals surface area contributed by atoms with Crippen molar-refractivity contribution in [3.63, 3.8) is 0 Å². The average molecular weight is 247 g/mol. The molecular formula is C15H25N3. The molecule has 2 atom stereocenters. The number of nitrogens with one attached hydrogen (secondary N) is 1. The van der Waals surface area contributed by atoms with E-state index in [2.05, 4.69) is 49.2 Å². The van der Waals surface area contributed by atoms with E-state index in [0.29, 0.717) is 6.04 Å². The summed E-state index contributed by atoms with van der Waals surface area (Å²) < 4.78 is 0. The Labute approximate surface area is 110 Å². The van der Waals surface area contributed by atoms with Gasteiger partial charge in [0.05, 0.1) is 0 Å². The zero-order valence-electron chi connectivity index (χ0n) is 11.7. The van der Waals surface area contributed by atoms with Crippen molar-refractivity contribution in [3.05, 3.63) is 34.9 Å². The highest BCUT2D eigenvalue weighted by atomic mass is 15.2. The number of aryl methyl sites for hydroxylation is 2. The molecule has 0 bridgehead atoms. The molecule has 0 aliphatic carbocycles. The van der Waals surface area contributed by atoms with Crippen molar-refractivity contribution in [2.45, 2.75) is 32.9 Å². The van der Waals surface area contributed by atoms with Crippen molar-refractivity contribution in [1.29, 1.82) is 0 Å². The van der Waals surface area contributed by atoms with Crippen molar-refractivity contribution in [2.75, 3.05) is 26.2 Å². The summed E-state index contributed by atoms with van der Waals surface area (Å²) in [5, 5.41) is 3.38. The van der Waals surface area contributed by atoms with E-state index >= 15 is 0 Å². The highest BCUT2D eigenvalue weighted by Crippen LogP contribution is 2.22. The van der Waals surface area contributed by atoms with E-state index in [1.807, 2.05) is 0 Å². The predicted molar refractivity (Wildman–Crippen MR) is 76.7 cm³/mol. The van der Waals surface area contributed by atoms with Gasteiger partial charge in [-0.3, -0.25) is 4.90 Å². The van der Waals surface area contributed by atoms with Crippen LogP contribution in [0.2, 0.25) is 0 Å². The average Bonchev–Trinajstić information content (AvgIpc) is 2.38. The lowest BCUT2D eigenvalue weighted by Crippen LogP contribution is -2.50. The summed E-state index contributed by atoms with van der Waals surface area (Å²) in [6, 6.07) is 7.07. The number of nitrogens with two attached hydrogens (primary N) is 1. The quantitative estimate of drug-likeness (QED) is 0.852. The number of piperazine rings is 1. The monoisotopic (exact) mass is 247 g/mol. The molecule has 3 heteroatoms. The molecule has 100 valence electrons. The van der Waals surface area contributed by atoms with Crippen LogP contribution in [0.4, 0.5) is 0 Å². The molecule has 0 radical (unpaired) electrons. The molecule has 0 amide bonds. The Morgan fingerprint density at radius 1 is 1.22 bits per heavy atom. The molecule has 1 fully saturated rings. The molecule has 1 heterocycles. The van der Waals surface area contributed by atoms with Crippen molar-refractivity contribution in [2.24, 2.45) is 5.73 Å². The highest BCUT2D eigenvalue weighted by molar-refractivity contribution is 5.33. The Kier molecular flexibility index (Phi) is 4.38. The third-order valence-electron chi connectivity index (χ3n) is 4.03. The second-order valence-corrected chi connectivity index (χ2v) is 5.41. The van der Waals surface area contributed by atoms with Crippen LogP contribution < -0.4 is 11.1 Å². The summed E-state index contributed by atoms with van der Waals surface area (Å²) in [7, 11) is 0. The van der Waals surface area contributed by atoms with Gasteiger partial charge < -0.3 is 11.1 Å². The van der Waals surface area contributed by atoms with Crippen LogP contribution in [0.1, 0.15) is 29.7 Å². The standard InChI is InChI=1S/C15H25N3/c1-11-4-5-14(12(2)10-11)15(16)13(3)18-8-6-17-7-9-18/h4-5,10,13,15,17H,6-9,16H2,1-3H3. The van der Waals surface area contributed by atoms with Crippen LogP contribution >= 0.6 is 0 Å². The van der Waals surface area contributed by atoms with Crippen LogP contribution in [-0.4, -0.2) is 37.1 Å². The molecule has 3 nitrogen and oxygen atoms in total. The minimum atomic E-state index is 0.101. The van der Waals surface area contributed by atoms with E-state index in [0.717, 1.165) is 26.2 Å². The lowest BCUT2D eigenvalue weighted by Gasteiger charge is -2.36. The Bertz CT molecular complexity index is 397. The van der Waals surface area contributed by atoms with E-state index in [9.17, 15) is 0 Å². The van der Waals surface area contributed by atoms with Gasteiger partial charge in [0.15, 0.2) is 0 Å². The molecular weight excluding hydrogens is 222 g/mol. The lowest BCUT2D eigenvalue weighted by molar-refractivity contribution is 0.163. The normalized spacial score (nSPS) is 20.7. The molecule has 2 unspecified atom stereocenters. The van der Waals surface area contributed by atoms with Gasteiger partial charge >= 0.3 is 0 Å². The highest BCUT2D eigenvalue weighted by Gasteiger charge is 2.23. The maximum absolute atomic E-state index is 6.46. The number of rotatable bonds is 3. The third-order valence-corrected chi connectivity index (χ3v) is 4.03. The predicted octanol–water partition coefficient (Wildman–Crippen LogP) is 1.60. The lowest BCUT2D eigenvalue weighted by atomic mass is 9.94. The Morgan fingerprint density at radius 2 is 1.89 bits per heavy atom. The van der Waals surface area contributed by atoms with E-state index in [4.69, 9.17) is 5.73 Å². The zero-order valence-corrected chi connectivity index (χ0v) is 11.7. The first-order valence-electron chi connectivity index (χ1n) is 6.87. The first-order valence-corrected chi connectivity index (χ1v) is 6.87. The van der Waals surface area contributed by atoms with Gasteiger partial charge in [0.25, 0.3) is 0 Å². The summed E-state index contributed by atoms with van der Waals surface area (Å²) in [5.74, 6) is 0. The topological polar surface area (TPSA) is 41.3 Å². The number of benzene rings is 1. The maximum atomic E-state index is 6.46. The van der Waals surface area contributed by atoms with Gasteiger partial charge in [0, 0.05) is 38.3 Å². The maximum Gasteiger partial charge on any atom is 0.0453 e. The molecule has 1 aromatic rings. The van der Waals surface area contributed by atoms with Gasteiger partial charge in [0.2, 0.25) is 0 Å². The second kappa shape index (κ2) is 5.83. The van der Waals surface area contributed by atoms with Gasteiger partial charge in [-0.15, -0.1) is 0 Å². The van der Waals surface area contributed by atoms with Crippen molar-refractivity contribution < 1.29 is 0 Å². The van der Waals surface area contributed by atoms with Crippen molar-refractivity contribution >= 4 is 0 Å². The Morgan fingerprint density at radius 3 is 2.50 bits per heavy atom. The van der Waals surface area contributed by atoms with Crippen molar-refractivity contribution in [1.82, 2.24) is 10.2 Å². The Hall–Kier alpha value is -0.900. The Balaban J connectivity index is 2.11. The molecule has 3 N–H and O–H groups in total. The third kappa shape index (κ3) is 2.91. The first kappa shape index (κ1) is 13.5. The summed E-state index contributed by atoms with van der Waals surface area (Å²) in [5.41, 5.74) is 10.4. The van der Waals surface area contributed by atoms with Gasteiger partial charge in [0.1, 0.15) is 0 Å². The fourth-order valence-corrected chi connectivity index (χ4v) is 2.78. The minimum absolute atomic E-state index is 0.101. The fourth-order valence-electron chi connectivity index (χ4n) is 2.78. The van der Waals surface area contributed by atoms with Gasteiger partial charge in [-0.25, -0.2) is 0 Å². The van der Waals surface area contributed by atoms with E-state index < -0.39 is 0 Å². The number of nitrogens with zero attached hydrogens (tertiary/aromatic N) is 1. The smallest absolute Gasteiger partial charge is 0.0453 e. The largest absolute Gasteiger partial charge is 0.323 e. The van der Waals surface area contributed by atoms with E-state index in [1.165, 1.54) is 16.7 Å². The zero-order chi connectivity index (χ0) is 13.1. The van der Waals surface area contributed by atoms with Crippen LogP contribution in [0.25, 0.3) is 0 Å². The molecule has 1 saturated heterocycles. The molecule has 1 aromatic carbocycles. The van der Waals surface area contributed by atoms with Crippen molar-refractivity contribution in [3.8, 4) is 0 Å². The van der Waals surface area contributed by atoms with Gasteiger partial charge in [-0.05, 0) is 31.9 Å². The molecule has 1 aliphatic rings.